The van der Waals surface area contributed by atoms with Crippen LogP contribution in [0.5, 0.6) is 0 Å². The number of piperidine rings is 1. The summed E-state index contributed by atoms with van der Waals surface area (Å²) in [5.41, 5.74) is 9.16. The molecule has 2 heteroatoms. The van der Waals surface area contributed by atoms with Gasteiger partial charge in [-0.2, -0.15) is 0 Å². The molecule has 0 radical (unpaired) electrons. The Balaban J connectivity index is 1.68. The van der Waals surface area contributed by atoms with Crippen molar-refractivity contribution in [1.29, 1.82) is 0 Å². The van der Waals surface area contributed by atoms with E-state index in [2.05, 4.69) is 36.1 Å². The van der Waals surface area contributed by atoms with E-state index in [4.69, 9.17) is 5.73 Å². The largest absolute Gasteiger partial charge is 0.323 e. The van der Waals surface area contributed by atoms with Crippen molar-refractivity contribution in [3.05, 3.63) is 35.4 Å². The van der Waals surface area contributed by atoms with Crippen molar-refractivity contribution in [3.8, 4) is 0 Å². The number of aryl methyl sites for hydroxylation is 1. The highest BCUT2D eigenvalue weighted by molar-refractivity contribution is 5.28. The molecule has 2 N–H and O–H groups in total. The maximum Gasteiger partial charge on any atom is 0.0427 e. The van der Waals surface area contributed by atoms with Gasteiger partial charge >= 0.3 is 0 Å². The smallest absolute Gasteiger partial charge is 0.0427 e. The van der Waals surface area contributed by atoms with Crippen molar-refractivity contribution in [2.24, 2.45) is 11.7 Å². The van der Waals surface area contributed by atoms with Gasteiger partial charge < -0.3 is 5.73 Å². The number of nitrogens with zero attached hydrogens (tertiary/aromatic N) is 1. The molecule has 1 heterocycles. The topological polar surface area (TPSA) is 29.3 Å². The lowest BCUT2D eigenvalue weighted by atomic mass is 9.78. The molecule has 0 spiro atoms. The molecule has 1 aliphatic heterocycles. The normalized spacial score (nSPS) is 28.9. The van der Waals surface area contributed by atoms with Crippen LogP contribution in [0.2, 0.25) is 0 Å². The van der Waals surface area contributed by atoms with Crippen molar-refractivity contribution >= 4 is 0 Å². The van der Waals surface area contributed by atoms with E-state index >= 15 is 0 Å². The second-order valence-electron chi connectivity index (χ2n) is 6.71. The predicted molar refractivity (Wildman–Crippen MR) is 84.7 cm³/mol. The molecule has 2 aliphatic rings. The first kappa shape index (κ1) is 14.1. The summed E-state index contributed by atoms with van der Waals surface area (Å²) in [6.07, 6.45) is 8.50. The fraction of sp³-hybridized carbons (Fsp3) is 0.667. The van der Waals surface area contributed by atoms with E-state index in [1.54, 1.807) is 0 Å². The lowest BCUT2D eigenvalue weighted by molar-refractivity contribution is 0.0561. The Labute approximate surface area is 123 Å². The van der Waals surface area contributed by atoms with E-state index in [-0.39, 0.29) is 6.04 Å². The number of nitrogens with two attached hydrogens (primary N) is 1. The molecular formula is C18H28N2. The van der Waals surface area contributed by atoms with Crippen LogP contribution in [0.4, 0.5) is 0 Å². The number of benzene rings is 1. The first-order valence-corrected chi connectivity index (χ1v) is 8.31. The predicted octanol–water partition coefficient (Wildman–Crippen LogP) is 3.65. The Morgan fingerprint density at radius 3 is 2.75 bits per heavy atom. The van der Waals surface area contributed by atoms with Crippen molar-refractivity contribution in [2.45, 2.75) is 57.5 Å². The molecule has 3 atom stereocenters. The summed E-state index contributed by atoms with van der Waals surface area (Å²) in [7, 11) is 0. The number of fused-ring (bicyclic) bond motifs is 1. The average Bonchev–Trinajstić information content (AvgIpc) is 2.48. The zero-order chi connectivity index (χ0) is 13.9. The Bertz CT molecular complexity index is 441. The molecular weight excluding hydrogens is 244 g/mol. The molecule has 1 saturated heterocycles. The molecule has 1 saturated carbocycles. The first-order valence-electron chi connectivity index (χ1n) is 8.31. The molecule has 20 heavy (non-hydrogen) atoms. The molecule has 2 nitrogen and oxygen atoms in total. The maximum absolute atomic E-state index is 6.51. The van der Waals surface area contributed by atoms with Crippen molar-refractivity contribution in [1.82, 2.24) is 4.90 Å². The fourth-order valence-electron chi connectivity index (χ4n) is 4.31. The zero-order valence-electron chi connectivity index (χ0n) is 12.7. The summed E-state index contributed by atoms with van der Waals surface area (Å²) < 4.78 is 0. The number of likely N-dealkylation sites (tertiary alicyclic amines) is 1. The summed E-state index contributed by atoms with van der Waals surface area (Å²) in [5.74, 6) is 0.946. The zero-order valence-corrected chi connectivity index (χ0v) is 12.7. The fourth-order valence-corrected chi connectivity index (χ4v) is 4.31. The van der Waals surface area contributed by atoms with Gasteiger partial charge in [0.15, 0.2) is 0 Å². The van der Waals surface area contributed by atoms with E-state index in [9.17, 15) is 0 Å². The number of hydrogen-bond donors (Lipinski definition) is 1. The van der Waals surface area contributed by atoms with Gasteiger partial charge in [-0.15, -0.1) is 0 Å². The third-order valence-corrected chi connectivity index (χ3v) is 5.38. The van der Waals surface area contributed by atoms with Gasteiger partial charge in [0.25, 0.3) is 0 Å². The molecule has 110 valence electrons. The average molecular weight is 272 g/mol. The van der Waals surface area contributed by atoms with Crippen LogP contribution in [0.15, 0.2) is 24.3 Å². The van der Waals surface area contributed by atoms with E-state index < -0.39 is 0 Å². The molecule has 1 aliphatic carbocycles. The number of rotatable bonds is 3. The second-order valence-corrected chi connectivity index (χ2v) is 6.71. The Morgan fingerprint density at radius 1 is 1.15 bits per heavy atom. The SMILES string of the molecule is Cc1ccccc1C(N)CN1CCC[C@H]2CCCC[C@H]21. The molecule has 1 unspecified atom stereocenters. The second kappa shape index (κ2) is 6.28. The van der Waals surface area contributed by atoms with Crippen LogP contribution in [0.3, 0.4) is 0 Å². The van der Waals surface area contributed by atoms with Crippen LogP contribution in [0, 0.1) is 12.8 Å². The van der Waals surface area contributed by atoms with Gasteiger partial charge in [0, 0.05) is 18.6 Å². The van der Waals surface area contributed by atoms with E-state index in [0.29, 0.717) is 0 Å². The number of hydrogen-bond acceptors (Lipinski definition) is 2. The highest BCUT2D eigenvalue weighted by Crippen LogP contribution is 2.35. The standard InChI is InChI=1S/C18H28N2/c1-14-7-2-4-10-16(14)17(19)13-20-12-6-9-15-8-3-5-11-18(15)20/h2,4,7,10,15,17-18H,3,5-6,8-9,11-13,19H2,1H3/t15-,17?,18-/m1/s1. The van der Waals surface area contributed by atoms with Crippen LogP contribution < -0.4 is 5.73 Å². The Kier molecular flexibility index (Phi) is 4.42. The van der Waals surface area contributed by atoms with Crippen LogP contribution >= 0.6 is 0 Å². The van der Waals surface area contributed by atoms with Crippen LogP contribution in [-0.4, -0.2) is 24.0 Å². The molecule has 3 rings (SSSR count). The van der Waals surface area contributed by atoms with Crippen molar-refractivity contribution in [2.75, 3.05) is 13.1 Å². The maximum atomic E-state index is 6.51. The quantitative estimate of drug-likeness (QED) is 0.910. The summed E-state index contributed by atoms with van der Waals surface area (Å²) in [6, 6.07) is 9.56. The van der Waals surface area contributed by atoms with E-state index in [1.807, 2.05) is 0 Å². The van der Waals surface area contributed by atoms with Gasteiger partial charge in [-0.3, -0.25) is 4.90 Å². The minimum absolute atomic E-state index is 0.164. The van der Waals surface area contributed by atoms with Crippen LogP contribution in [-0.2, 0) is 0 Å². The molecule has 0 bridgehead atoms. The van der Waals surface area contributed by atoms with Crippen molar-refractivity contribution in [3.63, 3.8) is 0 Å². The molecule has 2 fully saturated rings. The molecule has 0 amide bonds. The van der Waals surface area contributed by atoms with Crippen molar-refractivity contribution < 1.29 is 0 Å². The van der Waals surface area contributed by atoms with Gasteiger partial charge in [0.2, 0.25) is 0 Å². The Hall–Kier alpha value is -0.860. The minimum Gasteiger partial charge on any atom is -0.323 e. The summed E-state index contributed by atoms with van der Waals surface area (Å²) in [4.78, 5) is 2.70. The van der Waals surface area contributed by atoms with E-state index in [0.717, 1.165) is 18.5 Å². The van der Waals surface area contributed by atoms with E-state index in [1.165, 1.54) is 56.2 Å². The van der Waals surface area contributed by atoms with Crippen LogP contribution in [0.1, 0.15) is 55.7 Å². The van der Waals surface area contributed by atoms with Crippen LogP contribution in [0.25, 0.3) is 0 Å². The summed E-state index contributed by atoms with van der Waals surface area (Å²) >= 11 is 0. The molecule has 0 aromatic heterocycles. The monoisotopic (exact) mass is 272 g/mol. The van der Waals surface area contributed by atoms with Gasteiger partial charge in [-0.1, -0.05) is 37.1 Å². The van der Waals surface area contributed by atoms with Gasteiger partial charge in [-0.25, -0.2) is 0 Å². The third kappa shape index (κ3) is 2.91. The van der Waals surface area contributed by atoms with Gasteiger partial charge in [0.1, 0.15) is 0 Å². The third-order valence-electron chi connectivity index (χ3n) is 5.38. The Morgan fingerprint density at radius 2 is 1.90 bits per heavy atom. The van der Waals surface area contributed by atoms with Gasteiger partial charge in [0.05, 0.1) is 0 Å². The minimum atomic E-state index is 0.164. The lowest BCUT2D eigenvalue weighted by Crippen LogP contribution is -2.49. The van der Waals surface area contributed by atoms with Gasteiger partial charge in [-0.05, 0) is 56.2 Å². The molecule has 1 aromatic rings. The molecule has 1 aromatic carbocycles. The highest BCUT2D eigenvalue weighted by atomic mass is 15.2. The summed E-state index contributed by atoms with van der Waals surface area (Å²) in [6.45, 7) is 4.46. The lowest BCUT2D eigenvalue weighted by Gasteiger charge is -2.45. The first-order chi connectivity index (χ1) is 9.75. The summed E-state index contributed by atoms with van der Waals surface area (Å²) in [5, 5.41) is 0. The highest BCUT2D eigenvalue weighted by Gasteiger charge is 2.33.